The van der Waals surface area contributed by atoms with E-state index >= 15 is 0 Å². The molecular formula is C14H18NO4+. The van der Waals surface area contributed by atoms with Crippen LogP contribution in [0.25, 0.3) is 0 Å². The maximum Gasteiger partial charge on any atom is 0.167 e. The fourth-order valence-electron chi connectivity index (χ4n) is 3.23. The summed E-state index contributed by atoms with van der Waals surface area (Å²) in [6.07, 6.45) is 0.279. The van der Waals surface area contributed by atoms with Crippen molar-refractivity contribution < 1.29 is 24.6 Å². The zero-order valence-corrected chi connectivity index (χ0v) is 10.8. The van der Waals surface area contributed by atoms with Crippen molar-refractivity contribution in [3.8, 4) is 11.5 Å². The molecule has 5 nitrogen and oxygen atoms in total. The third kappa shape index (κ3) is 1.89. The monoisotopic (exact) mass is 264 g/mol. The molecule has 0 radical (unpaired) electrons. The van der Waals surface area contributed by atoms with Crippen molar-refractivity contribution in [3.63, 3.8) is 0 Å². The van der Waals surface area contributed by atoms with Gasteiger partial charge in [0.25, 0.3) is 0 Å². The number of carbonyl (C=O) groups is 1. The molecule has 5 heteroatoms. The number of carbonyl (C=O) groups excluding carboxylic acids is 1. The van der Waals surface area contributed by atoms with E-state index in [9.17, 15) is 15.0 Å². The number of ether oxygens (including phenoxy) is 1. The van der Waals surface area contributed by atoms with Gasteiger partial charge in [-0.25, -0.2) is 0 Å². The molecule has 2 aliphatic rings. The summed E-state index contributed by atoms with van der Waals surface area (Å²) in [7, 11) is 1.51. The number of quaternary nitrogens is 1. The van der Waals surface area contributed by atoms with Gasteiger partial charge in [0.1, 0.15) is 24.5 Å². The largest absolute Gasteiger partial charge is 0.504 e. The Morgan fingerprint density at radius 1 is 1.42 bits per heavy atom. The first-order valence-corrected chi connectivity index (χ1v) is 6.55. The summed E-state index contributed by atoms with van der Waals surface area (Å²) < 4.78 is 5.10. The Morgan fingerprint density at radius 3 is 2.95 bits per heavy atom. The number of aliphatic hydroxyl groups is 1. The van der Waals surface area contributed by atoms with Gasteiger partial charge in [0.2, 0.25) is 0 Å². The molecule has 102 valence electrons. The van der Waals surface area contributed by atoms with Gasteiger partial charge in [-0.15, -0.1) is 0 Å². The van der Waals surface area contributed by atoms with Crippen LogP contribution in [0.3, 0.4) is 0 Å². The number of nitrogens with one attached hydrogen (secondary N) is 1. The standard InChI is InChI=1S/C14H17NO4/c1-19-12-3-2-9-10(14(12)18)7-15-5-4-8(16)6-11(15)13(9)17/h2-3,11,13,17-18H,4-7H2,1H3/p+1/t11-,13-/m1/s1. The molecule has 1 fully saturated rings. The van der Waals surface area contributed by atoms with E-state index in [1.165, 1.54) is 12.0 Å². The van der Waals surface area contributed by atoms with Gasteiger partial charge < -0.3 is 19.8 Å². The SMILES string of the molecule is COc1ccc2c(c1O)C[NH+]1CCC(=O)C[C@@H]1[C@@H]2O. The molecular weight excluding hydrogens is 246 g/mol. The van der Waals surface area contributed by atoms with Crippen molar-refractivity contribution >= 4 is 5.78 Å². The Hall–Kier alpha value is -1.59. The Kier molecular flexibility index (Phi) is 2.95. The number of hydrogen-bond donors (Lipinski definition) is 3. The van der Waals surface area contributed by atoms with Gasteiger partial charge in [-0.3, -0.25) is 4.79 Å². The summed E-state index contributed by atoms with van der Waals surface area (Å²) in [5, 5.41) is 20.6. The van der Waals surface area contributed by atoms with Gasteiger partial charge in [-0.2, -0.15) is 0 Å². The fourth-order valence-corrected chi connectivity index (χ4v) is 3.23. The van der Waals surface area contributed by atoms with Crippen molar-refractivity contribution in [2.45, 2.75) is 31.5 Å². The first-order valence-electron chi connectivity index (χ1n) is 6.55. The smallest absolute Gasteiger partial charge is 0.167 e. The Balaban J connectivity index is 2.03. The molecule has 3 rings (SSSR count). The predicted molar refractivity (Wildman–Crippen MR) is 67.2 cm³/mol. The predicted octanol–water partition coefficient (Wildman–Crippen LogP) is -0.436. The summed E-state index contributed by atoms with van der Waals surface area (Å²) in [4.78, 5) is 12.7. The minimum atomic E-state index is -0.695. The number of piperidine rings is 1. The van der Waals surface area contributed by atoms with Crippen molar-refractivity contribution in [1.82, 2.24) is 0 Å². The van der Waals surface area contributed by atoms with Gasteiger partial charge in [-0.05, 0) is 11.6 Å². The van der Waals surface area contributed by atoms with Crippen molar-refractivity contribution in [2.24, 2.45) is 0 Å². The van der Waals surface area contributed by atoms with E-state index in [0.717, 1.165) is 17.7 Å². The first-order chi connectivity index (χ1) is 9.11. The van der Waals surface area contributed by atoms with Crippen LogP contribution in [0, 0.1) is 0 Å². The maximum atomic E-state index is 11.5. The minimum absolute atomic E-state index is 0.0819. The molecule has 2 aliphatic heterocycles. The van der Waals surface area contributed by atoms with Crippen LogP contribution in [0.15, 0.2) is 12.1 Å². The van der Waals surface area contributed by atoms with Crippen LogP contribution in [0.2, 0.25) is 0 Å². The third-order valence-electron chi connectivity index (χ3n) is 4.30. The normalized spacial score (nSPS) is 29.6. The number of phenolic OH excluding ortho intramolecular Hbond substituents is 1. The first kappa shape index (κ1) is 12.4. The zero-order chi connectivity index (χ0) is 13.6. The summed E-state index contributed by atoms with van der Waals surface area (Å²) in [6, 6.07) is 3.36. The number of methoxy groups -OCH3 is 1. The number of Topliss-reactive ketones (excluding diaryl/α,β-unsaturated/α-hetero) is 1. The second-order valence-corrected chi connectivity index (χ2v) is 5.31. The molecule has 0 aromatic heterocycles. The lowest BCUT2D eigenvalue weighted by Gasteiger charge is -2.39. The molecule has 1 unspecified atom stereocenters. The number of fused-ring (bicyclic) bond motifs is 2. The molecule has 0 amide bonds. The van der Waals surface area contributed by atoms with Crippen LogP contribution < -0.4 is 9.64 Å². The lowest BCUT2D eigenvalue weighted by molar-refractivity contribution is -0.947. The molecule has 3 N–H and O–H groups in total. The number of hydrogen-bond acceptors (Lipinski definition) is 4. The van der Waals surface area contributed by atoms with E-state index in [4.69, 9.17) is 4.74 Å². The highest BCUT2D eigenvalue weighted by Gasteiger charge is 2.42. The number of aliphatic hydroxyl groups excluding tert-OH is 1. The van der Waals surface area contributed by atoms with Crippen molar-refractivity contribution in [3.05, 3.63) is 23.3 Å². The van der Waals surface area contributed by atoms with Gasteiger partial charge in [0.15, 0.2) is 11.5 Å². The fraction of sp³-hybridized carbons (Fsp3) is 0.500. The second kappa shape index (κ2) is 4.51. The van der Waals surface area contributed by atoms with E-state index in [1.807, 2.05) is 0 Å². The van der Waals surface area contributed by atoms with E-state index in [0.29, 0.717) is 25.1 Å². The van der Waals surface area contributed by atoms with Gasteiger partial charge in [0.05, 0.1) is 32.1 Å². The van der Waals surface area contributed by atoms with Crippen molar-refractivity contribution in [1.29, 1.82) is 0 Å². The quantitative estimate of drug-likeness (QED) is 0.643. The molecule has 2 heterocycles. The van der Waals surface area contributed by atoms with Crippen LogP contribution in [-0.4, -0.2) is 35.7 Å². The average molecular weight is 264 g/mol. The minimum Gasteiger partial charge on any atom is -0.504 e. The van der Waals surface area contributed by atoms with Gasteiger partial charge in [0, 0.05) is 0 Å². The third-order valence-corrected chi connectivity index (χ3v) is 4.30. The molecule has 3 atom stereocenters. The van der Waals surface area contributed by atoms with Crippen molar-refractivity contribution in [2.75, 3.05) is 13.7 Å². The maximum absolute atomic E-state index is 11.5. The van der Waals surface area contributed by atoms with E-state index in [1.54, 1.807) is 12.1 Å². The lowest BCUT2D eigenvalue weighted by atomic mass is 9.85. The highest BCUT2D eigenvalue weighted by Crippen LogP contribution is 2.37. The molecule has 19 heavy (non-hydrogen) atoms. The Morgan fingerprint density at radius 2 is 2.21 bits per heavy atom. The van der Waals surface area contributed by atoms with Crippen LogP contribution in [-0.2, 0) is 11.3 Å². The zero-order valence-electron chi connectivity index (χ0n) is 10.8. The molecule has 1 aromatic carbocycles. The average Bonchev–Trinajstić information content (AvgIpc) is 2.41. The highest BCUT2D eigenvalue weighted by molar-refractivity contribution is 5.79. The number of aromatic hydroxyl groups is 1. The van der Waals surface area contributed by atoms with Crippen LogP contribution in [0.4, 0.5) is 0 Å². The second-order valence-electron chi connectivity index (χ2n) is 5.31. The molecule has 1 aromatic rings. The van der Waals surface area contributed by atoms with Gasteiger partial charge in [-0.1, -0.05) is 6.07 Å². The topological polar surface area (TPSA) is 71.2 Å². The number of ketones is 1. The molecule has 0 spiro atoms. The summed E-state index contributed by atoms with van der Waals surface area (Å²) in [6.45, 7) is 1.35. The molecule has 0 bridgehead atoms. The molecule has 1 saturated heterocycles. The van der Waals surface area contributed by atoms with Gasteiger partial charge >= 0.3 is 0 Å². The van der Waals surface area contributed by atoms with E-state index < -0.39 is 6.10 Å². The molecule has 0 saturated carbocycles. The number of benzene rings is 1. The summed E-state index contributed by atoms with van der Waals surface area (Å²) >= 11 is 0. The summed E-state index contributed by atoms with van der Waals surface area (Å²) in [5.74, 6) is 0.757. The number of rotatable bonds is 1. The van der Waals surface area contributed by atoms with Crippen LogP contribution >= 0.6 is 0 Å². The van der Waals surface area contributed by atoms with E-state index in [2.05, 4.69) is 0 Å². The Labute approximate surface area is 111 Å². The van der Waals surface area contributed by atoms with E-state index in [-0.39, 0.29) is 17.6 Å². The Bertz CT molecular complexity index is 528. The molecule has 0 aliphatic carbocycles. The highest BCUT2D eigenvalue weighted by atomic mass is 16.5. The number of phenols is 1. The summed E-state index contributed by atoms with van der Waals surface area (Å²) in [5.41, 5.74) is 1.47. The van der Waals surface area contributed by atoms with Crippen LogP contribution in [0.5, 0.6) is 11.5 Å². The van der Waals surface area contributed by atoms with Crippen LogP contribution in [0.1, 0.15) is 30.1 Å². The lowest BCUT2D eigenvalue weighted by Crippen LogP contribution is -3.17.